The molecule has 1 aliphatic carbocycles. The number of hydrogen-bond acceptors (Lipinski definition) is 5. The number of carbonyl (C=O) groups is 1. The molecule has 1 amide bonds. The van der Waals surface area contributed by atoms with Gasteiger partial charge >= 0.3 is 0 Å². The number of rotatable bonds is 6. The van der Waals surface area contributed by atoms with Crippen LogP contribution in [0.25, 0.3) is 5.69 Å². The minimum Gasteiger partial charge on any atom is -0.338 e. The van der Waals surface area contributed by atoms with Crippen LogP contribution in [0.4, 0.5) is 0 Å². The maximum Gasteiger partial charge on any atom is 0.233 e. The predicted molar refractivity (Wildman–Crippen MR) is 119 cm³/mol. The molecule has 0 N–H and O–H groups in total. The fourth-order valence-electron chi connectivity index (χ4n) is 3.96. The maximum absolute atomic E-state index is 12.9. The molecule has 1 atom stereocenters. The van der Waals surface area contributed by atoms with Gasteiger partial charge in [-0.2, -0.15) is 4.68 Å². The SMILES string of the molecule is CC(C)c1ccc(-n2nnnc2SCC(=O)N(C)[C@@H]2CCCc3ccccc32)cc1. The Morgan fingerprint density at radius 2 is 1.97 bits per heavy atom. The largest absolute Gasteiger partial charge is 0.338 e. The summed E-state index contributed by atoms with van der Waals surface area (Å²) in [6.07, 6.45) is 3.20. The lowest BCUT2D eigenvalue weighted by Gasteiger charge is -2.33. The van der Waals surface area contributed by atoms with Gasteiger partial charge in [0.05, 0.1) is 17.5 Å². The van der Waals surface area contributed by atoms with Gasteiger partial charge in [-0.3, -0.25) is 4.79 Å². The Hall–Kier alpha value is -2.67. The van der Waals surface area contributed by atoms with Gasteiger partial charge in [-0.25, -0.2) is 0 Å². The topological polar surface area (TPSA) is 63.9 Å². The van der Waals surface area contributed by atoms with Crippen LogP contribution in [0.3, 0.4) is 0 Å². The third-order valence-electron chi connectivity index (χ3n) is 5.77. The Morgan fingerprint density at radius 1 is 1.20 bits per heavy atom. The highest BCUT2D eigenvalue weighted by Gasteiger charge is 2.26. The smallest absolute Gasteiger partial charge is 0.233 e. The van der Waals surface area contributed by atoms with Crippen molar-refractivity contribution in [2.45, 2.75) is 50.2 Å². The summed E-state index contributed by atoms with van der Waals surface area (Å²) in [7, 11) is 1.91. The first-order valence-electron chi connectivity index (χ1n) is 10.4. The van der Waals surface area contributed by atoms with Gasteiger partial charge in [0.2, 0.25) is 11.1 Å². The molecule has 0 saturated carbocycles. The first-order chi connectivity index (χ1) is 14.5. The van der Waals surface area contributed by atoms with Crippen LogP contribution in [-0.2, 0) is 11.2 Å². The lowest BCUT2D eigenvalue weighted by Crippen LogP contribution is -2.34. The van der Waals surface area contributed by atoms with E-state index in [0.29, 0.717) is 16.8 Å². The van der Waals surface area contributed by atoms with Crippen LogP contribution >= 0.6 is 11.8 Å². The molecule has 0 spiro atoms. The molecule has 1 heterocycles. The summed E-state index contributed by atoms with van der Waals surface area (Å²) in [5.41, 5.74) is 4.80. The molecule has 156 valence electrons. The van der Waals surface area contributed by atoms with Gasteiger partial charge in [0.1, 0.15) is 0 Å². The van der Waals surface area contributed by atoms with Crippen molar-refractivity contribution in [3.63, 3.8) is 0 Å². The number of amides is 1. The Balaban J connectivity index is 1.43. The van der Waals surface area contributed by atoms with Gasteiger partial charge in [-0.05, 0) is 64.4 Å². The summed E-state index contributed by atoms with van der Waals surface area (Å²) in [6, 6.07) is 16.8. The van der Waals surface area contributed by atoms with Gasteiger partial charge in [0, 0.05) is 7.05 Å². The van der Waals surface area contributed by atoms with Gasteiger partial charge in [-0.1, -0.05) is 62.0 Å². The van der Waals surface area contributed by atoms with E-state index in [1.807, 2.05) is 24.1 Å². The standard InChI is InChI=1S/C23H27N5OS/c1-16(2)17-11-13-19(14-12-17)28-23(24-25-26-28)30-15-22(29)27(3)21-10-6-8-18-7-4-5-9-20(18)21/h4-5,7,9,11-14,16,21H,6,8,10,15H2,1-3H3/t21-/m1/s1. The van der Waals surface area contributed by atoms with E-state index in [9.17, 15) is 4.79 Å². The minimum absolute atomic E-state index is 0.0893. The van der Waals surface area contributed by atoms with Gasteiger partial charge in [0.15, 0.2) is 0 Å². The molecule has 7 heteroatoms. The third kappa shape index (κ3) is 4.26. The van der Waals surface area contributed by atoms with Crippen molar-refractivity contribution < 1.29 is 4.79 Å². The molecule has 0 radical (unpaired) electrons. The fourth-order valence-corrected chi connectivity index (χ4v) is 4.78. The summed E-state index contributed by atoms with van der Waals surface area (Å²) in [5.74, 6) is 0.867. The number of benzene rings is 2. The van der Waals surface area contributed by atoms with Crippen LogP contribution < -0.4 is 0 Å². The van der Waals surface area contributed by atoms with Gasteiger partial charge < -0.3 is 4.90 Å². The number of thioether (sulfide) groups is 1. The lowest BCUT2D eigenvalue weighted by atomic mass is 9.87. The zero-order chi connectivity index (χ0) is 21.1. The van der Waals surface area contributed by atoms with Crippen LogP contribution in [0.2, 0.25) is 0 Å². The van der Waals surface area contributed by atoms with E-state index < -0.39 is 0 Å². The zero-order valence-corrected chi connectivity index (χ0v) is 18.5. The number of carbonyl (C=O) groups excluding carboxylic acids is 1. The first kappa shape index (κ1) is 20.6. The maximum atomic E-state index is 12.9. The van der Waals surface area contributed by atoms with E-state index in [0.717, 1.165) is 24.9 Å². The quantitative estimate of drug-likeness (QED) is 0.552. The second-order valence-corrected chi connectivity index (χ2v) is 8.96. The molecule has 6 nitrogen and oxygen atoms in total. The van der Waals surface area contributed by atoms with Crippen molar-refractivity contribution in [3.05, 3.63) is 65.2 Å². The van der Waals surface area contributed by atoms with Crippen molar-refractivity contribution in [2.24, 2.45) is 0 Å². The van der Waals surface area contributed by atoms with E-state index in [4.69, 9.17) is 0 Å². The van der Waals surface area contributed by atoms with Crippen LogP contribution in [0, 0.1) is 0 Å². The minimum atomic E-state index is 0.0893. The summed E-state index contributed by atoms with van der Waals surface area (Å²) in [5, 5.41) is 12.7. The molecule has 0 saturated heterocycles. The average Bonchev–Trinajstić information content (AvgIpc) is 3.25. The highest BCUT2D eigenvalue weighted by molar-refractivity contribution is 7.99. The number of hydrogen-bond donors (Lipinski definition) is 0. The molecule has 0 unspecified atom stereocenters. The Kier molecular flexibility index (Phi) is 6.18. The highest BCUT2D eigenvalue weighted by atomic mass is 32.2. The van der Waals surface area contributed by atoms with Crippen LogP contribution in [0.5, 0.6) is 0 Å². The van der Waals surface area contributed by atoms with Gasteiger partial charge in [0.25, 0.3) is 0 Å². The highest BCUT2D eigenvalue weighted by Crippen LogP contribution is 2.34. The van der Waals surface area contributed by atoms with Crippen LogP contribution in [0.1, 0.15) is 55.3 Å². The molecule has 30 heavy (non-hydrogen) atoms. The van der Waals surface area contributed by atoms with Crippen molar-refractivity contribution in [3.8, 4) is 5.69 Å². The Morgan fingerprint density at radius 3 is 2.73 bits per heavy atom. The molecule has 3 aromatic rings. The fraction of sp³-hybridized carbons (Fsp3) is 0.391. The monoisotopic (exact) mass is 421 g/mol. The number of nitrogens with zero attached hydrogens (tertiary/aromatic N) is 5. The molecular weight excluding hydrogens is 394 g/mol. The Labute approximate surface area is 181 Å². The normalized spacial score (nSPS) is 15.8. The molecule has 0 aliphatic heterocycles. The van der Waals surface area contributed by atoms with Crippen LogP contribution in [0.15, 0.2) is 53.7 Å². The number of aryl methyl sites for hydroxylation is 1. The van der Waals surface area contributed by atoms with Crippen molar-refractivity contribution in [2.75, 3.05) is 12.8 Å². The average molecular weight is 422 g/mol. The molecule has 4 rings (SSSR count). The number of aromatic nitrogens is 4. The van der Waals surface area contributed by atoms with Crippen molar-refractivity contribution in [1.29, 1.82) is 0 Å². The summed E-state index contributed by atoms with van der Waals surface area (Å²) >= 11 is 1.38. The lowest BCUT2D eigenvalue weighted by molar-refractivity contribution is -0.129. The predicted octanol–water partition coefficient (Wildman–Crippen LogP) is 4.41. The van der Waals surface area contributed by atoms with Crippen LogP contribution in [-0.4, -0.2) is 43.8 Å². The summed E-state index contributed by atoms with van der Waals surface area (Å²) < 4.78 is 1.69. The number of tetrazole rings is 1. The molecule has 1 aliphatic rings. The Bertz CT molecular complexity index is 1010. The number of fused-ring (bicyclic) bond motifs is 1. The molecule has 1 aromatic heterocycles. The molecule has 0 fully saturated rings. The van der Waals surface area contributed by atoms with E-state index in [1.165, 1.54) is 28.5 Å². The van der Waals surface area contributed by atoms with E-state index in [1.54, 1.807) is 4.68 Å². The second-order valence-electron chi connectivity index (χ2n) is 8.02. The molecular formula is C23H27N5OS. The first-order valence-corrected chi connectivity index (χ1v) is 11.4. The second kappa shape index (κ2) is 9.00. The summed E-state index contributed by atoms with van der Waals surface area (Å²) in [4.78, 5) is 14.8. The van der Waals surface area contributed by atoms with E-state index >= 15 is 0 Å². The third-order valence-corrected chi connectivity index (χ3v) is 6.67. The van der Waals surface area contributed by atoms with E-state index in [2.05, 4.69) is 65.8 Å². The van der Waals surface area contributed by atoms with Crippen molar-refractivity contribution in [1.82, 2.24) is 25.1 Å². The van der Waals surface area contributed by atoms with Gasteiger partial charge in [-0.15, -0.1) is 5.10 Å². The molecule has 0 bridgehead atoms. The zero-order valence-electron chi connectivity index (χ0n) is 17.7. The van der Waals surface area contributed by atoms with E-state index in [-0.39, 0.29) is 11.9 Å². The molecule has 2 aromatic carbocycles. The summed E-state index contributed by atoms with van der Waals surface area (Å²) in [6.45, 7) is 4.33. The van der Waals surface area contributed by atoms with Crippen molar-refractivity contribution >= 4 is 17.7 Å².